The molecule has 98 valence electrons. The minimum atomic E-state index is -0.307. The average molecular weight is 250 g/mol. The topological polar surface area (TPSA) is 47.6 Å². The number of allylic oxidation sites excluding steroid dienone is 1. The van der Waals surface area contributed by atoms with Gasteiger partial charge in [0.25, 0.3) is 0 Å². The van der Waals surface area contributed by atoms with Crippen molar-refractivity contribution in [2.45, 2.75) is 26.8 Å². The maximum absolute atomic E-state index is 13.2. The summed E-state index contributed by atoms with van der Waals surface area (Å²) in [5.74, 6) is 0.136. The molecule has 0 aliphatic heterocycles. The van der Waals surface area contributed by atoms with Gasteiger partial charge < -0.3 is 10.5 Å². The Balaban J connectivity index is 3.26. The Morgan fingerprint density at radius 2 is 2.06 bits per heavy atom. The van der Waals surface area contributed by atoms with Crippen LogP contribution in [0.2, 0.25) is 0 Å². The van der Waals surface area contributed by atoms with E-state index in [-0.39, 0.29) is 11.9 Å². The molecule has 18 heavy (non-hydrogen) atoms. The molecule has 0 amide bonds. The van der Waals surface area contributed by atoms with Gasteiger partial charge in [0.2, 0.25) is 5.90 Å². The lowest BCUT2D eigenvalue weighted by Crippen LogP contribution is -2.28. The molecule has 1 rings (SSSR count). The van der Waals surface area contributed by atoms with Crippen molar-refractivity contribution in [2.24, 2.45) is 10.7 Å². The summed E-state index contributed by atoms with van der Waals surface area (Å²) in [6, 6.07) is 6.00. The summed E-state index contributed by atoms with van der Waals surface area (Å²) in [5.41, 5.74) is 8.12. The Bertz CT molecular complexity index is 474. The first-order valence-electron chi connectivity index (χ1n) is 5.77. The second kappa shape index (κ2) is 6.31. The Labute approximate surface area is 107 Å². The quantitative estimate of drug-likeness (QED) is 0.662. The number of hydrogen-bond acceptors (Lipinski definition) is 3. The van der Waals surface area contributed by atoms with Crippen molar-refractivity contribution >= 4 is 11.6 Å². The van der Waals surface area contributed by atoms with Gasteiger partial charge in [0.1, 0.15) is 5.82 Å². The van der Waals surface area contributed by atoms with Gasteiger partial charge in [-0.05, 0) is 38.5 Å². The van der Waals surface area contributed by atoms with Crippen LogP contribution in [-0.2, 0) is 4.74 Å². The maximum Gasteiger partial charge on any atom is 0.205 e. The third-order valence-corrected chi connectivity index (χ3v) is 2.39. The van der Waals surface area contributed by atoms with Crippen molar-refractivity contribution in [3.8, 4) is 0 Å². The van der Waals surface area contributed by atoms with Gasteiger partial charge in [-0.2, -0.15) is 0 Å². The maximum atomic E-state index is 13.2. The molecule has 0 aromatic heterocycles. The zero-order chi connectivity index (χ0) is 13.7. The third-order valence-electron chi connectivity index (χ3n) is 2.39. The summed E-state index contributed by atoms with van der Waals surface area (Å²) >= 11 is 0. The summed E-state index contributed by atoms with van der Waals surface area (Å²) in [6.07, 6.45) is 0. The third kappa shape index (κ3) is 3.67. The predicted octanol–water partition coefficient (Wildman–Crippen LogP) is 2.97. The number of nitrogens with two attached hydrogens (primary N) is 1. The van der Waals surface area contributed by atoms with Crippen molar-refractivity contribution in [2.75, 3.05) is 7.11 Å². The molecule has 1 unspecified atom stereocenters. The van der Waals surface area contributed by atoms with E-state index in [2.05, 4.69) is 4.99 Å². The molecule has 4 heteroatoms. The number of hydrogen-bond donors (Lipinski definition) is 1. The standard InChI is InChI=1S/C14H19FN2O/c1-9(2)13(17-14(18-4)10(3)16)11-6-5-7-12(15)8-11/h5-8,10H,16H2,1-4H3. The summed E-state index contributed by atoms with van der Waals surface area (Å²) < 4.78 is 18.4. The molecular weight excluding hydrogens is 231 g/mol. The highest BCUT2D eigenvalue weighted by atomic mass is 19.1. The lowest BCUT2D eigenvalue weighted by molar-refractivity contribution is 0.385. The molecule has 1 aromatic rings. The van der Waals surface area contributed by atoms with Crippen molar-refractivity contribution in [1.82, 2.24) is 0 Å². The van der Waals surface area contributed by atoms with Gasteiger partial charge in [0, 0.05) is 5.56 Å². The minimum absolute atomic E-state index is 0.291. The molecule has 1 aromatic carbocycles. The molecule has 0 saturated heterocycles. The van der Waals surface area contributed by atoms with Gasteiger partial charge in [0.05, 0.1) is 18.8 Å². The molecule has 0 aliphatic carbocycles. The normalized spacial score (nSPS) is 13.1. The number of halogens is 1. The lowest BCUT2D eigenvalue weighted by atomic mass is 10.1. The van der Waals surface area contributed by atoms with E-state index in [0.717, 1.165) is 5.57 Å². The van der Waals surface area contributed by atoms with E-state index in [9.17, 15) is 4.39 Å². The second-order valence-electron chi connectivity index (χ2n) is 4.30. The van der Waals surface area contributed by atoms with E-state index in [4.69, 9.17) is 10.5 Å². The van der Waals surface area contributed by atoms with Gasteiger partial charge in [-0.15, -0.1) is 0 Å². The van der Waals surface area contributed by atoms with E-state index in [0.29, 0.717) is 17.2 Å². The second-order valence-corrected chi connectivity index (χ2v) is 4.30. The average Bonchev–Trinajstić information content (AvgIpc) is 2.29. The van der Waals surface area contributed by atoms with Crippen molar-refractivity contribution in [3.63, 3.8) is 0 Å². The molecule has 0 saturated carbocycles. The molecule has 0 fully saturated rings. The first kappa shape index (κ1) is 14.4. The fourth-order valence-electron chi connectivity index (χ4n) is 1.54. The van der Waals surface area contributed by atoms with Crippen LogP contribution in [0.15, 0.2) is 34.8 Å². The number of rotatable bonds is 3. The van der Waals surface area contributed by atoms with Crippen LogP contribution in [0.4, 0.5) is 4.39 Å². The highest BCUT2D eigenvalue weighted by Crippen LogP contribution is 2.21. The first-order chi connectivity index (χ1) is 8.45. The Kier molecular flexibility index (Phi) is 5.04. The molecular formula is C14H19FN2O. The number of nitrogens with zero attached hydrogens (tertiary/aromatic N) is 1. The largest absolute Gasteiger partial charge is 0.483 e. The minimum Gasteiger partial charge on any atom is -0.483 e. The first-order valence-corrected chi connectivity index (χ1v) is 5.77. The molecule has 0 bridgehead atoms. The number of methoxy groups -OCH3 is 1. The lowest BCUT2D eigenvalue weighted by Gasteiger charge is -2.11. The van der Waals surface area contributed by atoms with Crippen LogP contribution in [0, 0.1) is 5.82 Å². The van der Waals surface area contributed by atoms with Crippen molar-refractivity contribution in [1.29, 1.82) is 0 Å². The van der Waals surface area contributed by atoms with Crippen molar-refractivity contribution in [3.05, 3.63) is 41.2 Å². The van der Waals surface area contributed by atoms with E-state index in [1.54, 1.807) is 13.0 Å². The van der Waals surface area contributed by atoms with Crippen LogP contribution in [0.3, 0.4) is 0 Å². The van der Waals surface area contributed by atoms with E-state index < -0.39 is 0 Å². The van der Waals surface area contributed by atoms with Crippen LogP contribution >= 0.6 is 0 Å². The van der Waals surface area contributed by atoms with Crippen LogP contribution in [0.1, 0.15) is 26.3 Å². The summed E-state index contributed by atoms with van der Waals surface area (Å²) in [6.45, 7) is 5.62. The molecule has 3 nitrogen and oxygen atoms in total. The molecule has 0 heterocycles. The van der Waals surface area contributed by atoms with Gasteiger partial charge in [-0.1, -0.05) is 12.1 Å². The Morgan fingerprint density at radius 1 is 1.39 bits per heavy atom. The number of ether oxygens (including phenoxy) is 1. The van der Waals surface area contributed by atoms with Crippen molar-refractivity contribution < 1.29 is 9.13 Å². The smallest absolute Gasteiger partial charge is 0.205 e. The molecule has 0 aliphatic rings. The molecule has 1 atom stereocenters. The predicted molar refractivity (Wildman–Crippen MR) is 72.8 cm³/mol. The monoisotopic (exact) mass is 250 g/mol. The van der Waals surface area contributed by atoms with Crippen LogP contribution < -0.4 is 5.73 Å². The van der Waals surface area contributed by atoms with E-state index in [1.807, 2.05) is 19.9 Å². The molecule has 2 N–H and O–H groups in total. The van der Waals surface area contributed by atoms with Gasteiger partial charge >= 0.3 is 0 Å². The summed E-state index contributed by atoms with van der Waals surface area (Å²) in [5, 5.41) is 0. The zero-order valence-electron chi connectivity index (χ0n) is 11.2. The van der Waals surface area contributed by atoms with Crippen LogP contribution in [0.5, 0.6) is 0 Å². The fraction of sp³-hybridized carbons (Fsp3) is 0.357. The fourth-order valence-corrected chi connectivity index (χ4v) is 1.54. The molecule has 0 radical (unpaired) electrons. The van der Waals surface area contributed by atoms with Gasteiger partial charge in [-0.25, -0.2) is 9.38 Å². The van der Waals surface area contributed by atoms with E-state index >= 15 is 0 Å². The number of aliphatic imine (C=N–C) groups is 1. The highest BCUT2D eigenvalue weighted by molar-refractivity contribution is 5.87. The van der Waals surface area contributed by atoms with Gasteiger partial charge in [-0.3, -0.25) is 0 Å². The van der Waals surface area contributed by atoms with Gasteiger partial charge in [0.15, 0.2) is 0 Å². The SMILES string of the molecule is COC(=NC(=C(C)C)c1cccc(F)c1)C(C)N. The molecule has 0 spiro atoms. The Hall–Kier alpha value is -1.68. The van der Waals surface area contributed by atoms with Crippen LogP contribution in [0.25, 0.3) is 5.70 Å². The highest BCUT2D eigenvalue weighted by Gasteiger charge is 2.09. The van der Waals surface area contributed by atoms with E-state index in [1.165, 1.54) is 19.2 Å². The number of benzene rings is 1. The summed E-state index contributed by atoms with van der Waals surface area (Å²) in [7, 11) is 1.52. The Morgan fingerprint density at radius 3 is 2.50 bits per heavy atom. The summed E-state index contributed by atoms with van der Waals surface area (Å²) in [4.78, 5) is 4.39. The van der Waals surface area contributed by atoms with Crippen LogP contribution in [-0.4, -0.2) is 19.0 Å². The zero-order valence-corrected chi connectivity index (χ0v) is 11.2.